The Balaban J connectivity index is 1.96. The Kier molecular flexibility index (Phi) is 5.95. The molecule has 1 aliphatic rings. The molecule has 0 unspecified atom stereocenters. The van der Waals surface area contributed by atoms with Crippen LogP contribution in [0.5, 0.6) is 0 Å². The van der Waals surface area contributed by atoms with Crippen LogP contribution in [0.25, 0.3) is 0 Å². The summed E-state index contributed by atoms with van der Waals surface area (Å²) in [5.41, 5.74) is 0. The van der Waals surface area contributed by atoms with Crippen molar-refractivity contribution in [3.8, 4) is 0 Å². The molecule has 1 saturated carbocycles. The van der Waals surface area contributed by atoms with Crippen LogP contribution in [0.4, 0.5) is 5.82 Å². The minimum absolute atomic E-state index is 0.900. The van der Waals surface area contributed by atoms with E-state index in [4.69, 9.17) is 0 Å². The number of hydrogen-bond donors (Lipinski definition) is 1. The van der Waals surface area contributed by atoms with E-state index in [9.17, 15) is 0 Å². The summed E-state index contributed by atoms with van der Waals surface area (Å²) < 4.78 is 0. The van der Waals surface area contributed by atoms with Gasteiger partial charge in [0.1, 0.15) is 16.7 Å². The van der Waals surface area contributed by atoms with Gasteiger partial charge >= 0.3 is 0 Å². The Labute approximate surface area is 121 Å². The number of thioether (sulfide) groups is 1. The van der Waals surface area contributed by atoms with E-state index < -0.39 is 0 Å². The van der Waals surface area contributed by atoms with Crippen molar-refractivity contribution in [3.63, 3.8) is 0 Å². The fourth-order valence-corrected chi connectivity index (χ4v) is 3.53. The average molecular weight is 279 g/mol. The summed E-state index contributed by atoms with van der Waals surface area (Å²) in [6, 6.07) is 2.11. The molecule has 0 atom stereocenters. The summed E-state index contributed by atoms with van der Waals surface area (Å²) in [5, 5.41) is 4.51. The third kappa shape index (κ3) is 4.68. The van der Waals surface area contributed by atoms with Crippen LogP contribution in [-0.2, 0) is 6.42 Å². The van der Waals surface area contributed by atoms with Crippen LogP contribution in [0.2, 0.25) is 0 Å². The lowest BCUT2D eigenvalue weighted by atomic mass is 10.1. The van der Waals surface area contributed by atoms with Gasteiger partial charge in [-0.15, -0.1) is 11.8 Å². The molecular formula is C15H25N3S. The normalized spacial score (nSPS) is 15.9. The second-order valence-corrected chi connectivity index (χ2v) is 6.29. The van der Waals surface area contributed by atoms with Gasteiger partial charge in [0, 0.05) is 24.8 Å². The van der Waals surface area contributed by atoms with Crippen LogP contribution >= 0.6 is 11.8 Å². The van der Waals surface area contributed by atoms with Gasteiger partial charge in [-0.05, 0) is 25.2 Å². The molecule has 2 rings (SSSR count). The van der Waals surface area contributed by atoms with Gasteiger partial charge in [0.15, 0.2) is 0 Å². The standard InChI is InChI=1S/C15H25N3S/c1-3-9-16-14-10-15(18-13(4-2)17-14)19-11-12-7-5-6-8-12/h10,12H,3-9,11H2,1-2H3,(H,16,17,18). The molecule has 4 heteroatoms. The van der Waals surface area contributed by atoms with Gasteiger partial charge in [0.05, 0.1) is 0 Å². The zero-order chi connectivity index (χ0) is 13.5. The Hall–Kier alpha value is -0.770. The maximum absolute atomic E-state index is 4.63. The van der Waals surface area contributed by atoms with Crippen molar-refractivity contribution in [1.29, 1.82) is 0 Å². The summed E-state index contributed by atoms with van der Waals surface area (Å²) in [6.45, 7) is 5.27. The van der Waals surface area contributed by atoms with E-state index in [2.05, 4.69) is 35.2 Å². The second kappa shape index (κ2) is 7.73. The van der Waals surface area contributed by atoms with E-state index in [0.717, 1.165) is 42.0 Å². The highest BCUT2D eigenvalue weighted by molar-refractivity contribution is 7.99. The van der Waals surface area contributed by atoms with Crippen LogP contribution in [0.15, 0.2) is 11.1 Å². The Morgan fingerprint density at radius 2 is 2.05 bits per heavy atom. The SMILES string of the molecule is CCCNc1cc(SCC2CCCC2)nc(CC)n1. The lowest BCUT2D eigenvalue weighted by Gasteiger charge is -2.10. The molecule has 0 aromatic carbocycles. The van der Waals surface area contributed by atoms with Crippen LogP contribution in [0, 0.1) is 5.92 Å². The molecule has 1 aliphatic carbocycles. The van der Waals surface area contributed by atoms with E-state index in [1.165, 1.54) is 31.4 Å². The van der Waals surface area contributed by atoms with Crippen LogP contribution in [0.1, 0.15) is 51.8 Å². The second-order valence-electron chi connectivity index (χ2n) is 5.25. The zero-order valence-corrected chi connectivity index (χ0v) is 12.9. The lowest BCUT2D eigenvalue weighted by Crippen LogP contribution is -2.06. The molecule has 1 N–H and O–H groups in total. The quantitative estimate of drug-likeness (QED) is 0.601. The molecule has 0 saturated heterocycles. The van der Waals surface area contributed by atoms with Gasteiger partial charge < -0.3 is 5.32 Å². The summed E-state index contributed by atoms with van der Waals surface area (Å²) in [5.74, 6) is 4.06. The maximum Gasteiger partial charge on any atom is 0.131 e. The van der Waals surface area contributed by atoms with Gasteiger partial charge in [0.25, 0.3) is 0 Å². The first-order chi connectivity index (χ1) is 9.31. The van der Waals surface area contributed by atoms with Gasteiger partial charge in [-0.3, -0.25) is 0 Å². The van der Waals surface area contributed by atoms with Gasteiger partial charge in [-0.1, -0.05) is 26.7 Å². The predicted octanol–water partition coefficient (Wildman–Crippen LogP) is 4.14. The van der Waals surface area contributed by atoms with E-state index in [0.29, 0.717) is 0 Å². The molecule has 0 bridgehead atoms. The molecule has 3 nitrogen and oxygen atoms in total. The summed E-state index contributed by atoms with van der Waals surface area (Å²) in [7, 11) is 0. The van der Waals surface area contributed by atoms with E-state index in [1.807, 2.05) is 11.8 Å². The van der Waals surface area contributed by atoms with Crippen molar-refractivity contribution in [3.05, 3.63) is 11.9 Å². The van der Waals surface area contributed by atoms with Crippen molar-refractivity contribution in [2.75, 3.05) is 17.6 Å². The van der Waals surface area contributed by atoms with E-state index in [1.54, 1.807) is 0 Å². The number of rotatable bonds is 7. The van der Waals surface area contributed by atoms with Gasteiger partial charge in [-0.25, -0.2) is 9.97 Å². The molecule has 0 spiro atoms. The average Bonchev–Trinajstić information content (AvgIpc) is 2.96. The van der Waals surface area contributed by atoms with E-state index in [-0.39, 0.29) is 0 Å². The lowest BCUT2D eigenvalue weighted by molar-refractivity contribution is 0.622. The minimum Gasteiger partial charge on any atom is -0.370 e. The molecule has 1 aromatic rings. The largest absolute Gasteiger partial charge is 0.370 e. The van der Waals surface area contributed by atoms with Crippen LogP contribution < -0.4 is 5.32 Å². The topological polar surface area (TPSA) is 37.8 Å². The third-order valence-corrected chi connectivity index (χ3v) is 4.71. The first-order valence-corrected chi connectivity index (χ1v) is 8.55. The molecule has 1 aromatic heterocycles. The number of hydrogen-bond acceptors (Lipinski definition) is 4. The van der Waals surface area contributed by atoms with E-state index >= 15 is 0 Å². The summed E-state index contributed by atoms with van der Waals surface area (Å²) >= 11 is 1.90. The summed E-state index contributed by atoms with van der Waals surface area (Å²) in [6.07, 6.45) is 7.66. The molecule has 0 radical (unpaired) electrons. The molecule has 19 heavy (non-hydrogen) atoms. The maximum atomic E-state index is 4.63. The van der Waals surface area contributed by atoms with Crippen molar-refractivity contribution in [2.24, 2.45) is 5.92 Å². The molecule has 106 valence electrons. The molecular weight excluding hydrogens is 254 g/mol. The van der Waals surface area contributed by atoms with Crippen LogP contribution in [0.3, 0.4) is 0 Å². The molecule has 0 aliphatic heterocycles. The number of aryl methyl sites for hydroxylation is 1. The monoisotopic (exact) mass is 279 g/mol. The fourth-order valence-electron chi connectivity index (χ4n) is 2.43. The number of nitrogens with one attached hydrogen (secondary N) is 1. The Morgan fingerprint density at radius 1 is 1.26 bits per heavy atom. The molecule has 0 amide bonds. The first kappa shape index (κ1) is 14.6. The molecule has 1 heterocycles. The number of aromatic nitrogens is 2. The minimum atomic E-state index is 0.900. The Bertz CT molecular complexity index is 389. The zero-order valence-electron chi connectivity index (χ0n) is 12.1. The Morgan fingerprint density at radius 3 is 2.74 bits per heavy atom. The van der Waals surface area contributed by atoms with Crippen LogP contribution in [-0.4, -0.2) is 22.3 Å². The predicted molar refractivity (Wildman–Crippen MR) is 82.9 cm³/mol. The number of anilines is 1. The molecule has 1 fully saturated rings. The number of nitrogens with zero attached hydrogens (tertiary/aromatic N) is 2. The van der Waals surface area contributed by atoms with Crippen molar-refractivity contribution in [1.82, 2.24) is 9.97 Å². The van der Waals surface area contributed by atoms with Gasteiger partial charge in [0.2, 0.25) is 0 Å². The van der Waals surface area contributed by atoms with Crippen molar-refractivity contribution < 1.29 is 0 Å². The highest BCUT2D eigenvalue weighted by atomic mass is 32.2. The highest BCUT2D eigenvalue weighted by Crippen LogP contribution is 2.30. The van der Waals surface area contributed by atoms with Crippen molar-refractivity contribution in [2.45, 2.75) is 57.4 Å². The first-order valence-electron chi connectivity index (χ1n) is 7.56. The van der Waals surface area contributed by atoms with Gasteiger partial charge in [-0.2, -0.15) is 0 Å². The third-order valence-electron chi connectivity index (χ3n) is 3.56. The summed E-state index contributed by atoms with van der Waals surface area (Å²) in [4.78, 5) is 9.17. The van der Waals surface area contributed by atoms with Crippen molar-refractivity contribution >= 4 is 17.6 Å². The highest BCUT2D eigenvalue weighted by Gasteiger charge is 2.15. The smallest absolute Gasteiger partial charge is 0.131 e. The fraction of sp³-hybridized carbons (Fsp3) is 0.733.